The van der Waals surface area contributed by atoms with E-state index in [9.17, 15) is 18.3 Å². The fourth-order valence-electron chi connectivity index (χ4n) is 5.53. The first-order valence-corrected chi connectivity index (χ1v) is 16.3. The monoisotopic (exact) mass is 583 g/mol. The molecule has 0 bridgehead atoms. The zero-order valence-electron chi connectivity index (χ0n) is 22.8. The number of pyridine rings is 1. The predicted molar refractivity (Wildman–Crippen MR) is 155 cm³/mol. The molecular formula is C30H33NO7S2. The van der Waals surface area contributed by atoms with Crippen LogP contribution in [0.15, 0.2) is 47.5 Å². The topological polar surface area (TPSA) is 112 Å². The van der Waals surface area contributed by atoms with Gasteiger partial charge in [-0.25, -0.2) is 13.4 Å². The number of nitrogens with zero attached hydrogens (tertiary/aromatic N) is 1. The van der Waals surface area contributed by atoms with Gasteiger partial charge in [0.15, 0.2) is 0 Å². The number of carbonyl (C=O) groups is 1. The molecule has 0 fully saturated rings. The molecule has 1 N–H and O–H groups in total. The molecule has 1 aliphatic carbocycles. The van der Waals surface area contributed by atoms with Crippen molar-refractivity contribution in [1.82, 2.24) is 4.98 Å². The maximum absolute atomic E-state index is 11.4. The number of benzene rings is 2. The van der Waals surface area contributed by atoms with Crippen molar-refractivity contribution in [3.63, 3.8) is 0 Å². The minimum atomic E-state index is -3.02. The lowest BCUT2D eigenvalue weighted by molar-refractivity contribution is -0.137. The van der Waals surface area contributed by atoms with Crippen LogP contribution in [-0.4, -0.2) is 56.0 Å². The number of aliphatic carboxylic acids is 1. The average Bonchev–Trinajstić information content (AvgIpc) is 3.49. The summed E-state index contributed by atoms with van der Waals surface area (Å²) in [6.07, 6.45) is 5.07. The number of aromatic nitrogens is 1. The number of hydrogen-bond acceptors (Lipinski definition) is 8. The van der Waals surface area contributed by atoms with Crippen molar-refractivity contribution in [3.8, 4) is 28.5 Å². The van der Waals surface area contributed by atoms with Gasteiger partial charge in [0, 0.05) is 46.7 Å². The lowest BCUT2D eigenvalue weighted by Gasteiger charge is -2.19. The summed E-state index contributed by atoms with van der Waals surface area (Å²) in [4.78, 5) is 16.8. The molecule has 0 saturated carbocycles. The Morgan fingerprint density at radius 3 is 2.77 bits per heavy atom. The van der Waals surface area contributed by atoms with Crippen molar-refractivity contribution in [2.45, 2.75) is 49.5 Å². The fraction of sp³-hybridized carbons (Fsp3) is 0.400. The molecule has 40 heavy (non-hydrogen) atoms. The molecule has 0 amide bonds. The molecule has 1 aliphatic heterocycles. The minimum Gasteiger partial charge on any atom is -0.496 e. The molecular weight excluding hydrogens is 550 g/mol. The third-order valence-corrected chi connectivity index (χ3v) is 9.60. The van der Waals surface area contributed by atoms with E-state index in [-0.39, 0.29) is 24.2 Å². The lowest BCUT2D eigenvalue weighted by atomic mass is 9.92. The molecule has 0 saturated heterocycles. The van der Waals surface area contributed by atoms with Crippen molar-refractivity contribution < 1.29 is 32.5 Å². The number of fused-ring (bicyclic) bond motifs is 2. The van der Waals surface area contributed by atoms with E-state index in [4.69, 9.17) is 14.2 Å². The standard InChI is InChI=1S/C30H33NO7S2/c1-18-12-20(37-10-5-11-40(3,34)35)14-26(36-2)30(18)23-7-4-6-22-21(23)8-9-25(22)38-28-15-27-24(16-31-28)19(17-39-27)13-29(32)33/h4,6-7,12,14-16,19,25H,5,8-11,13,17H2,1-3H3,(H,32,33). The van der Waals surface area contributed by atoms with Crippen LogP contribution in [0, 0.1) is 6.92 Å². The van der Waals surface area contributed by atoms with Crippen molar-refractivity contribution in [3.05, 3.63) is 64.8 Å². The van der Waals surface area contributed by atoms with Crippen LogP contribution in [-0.2, 0) is 21.1 Å². The average molecular weight is 584 g/mol. The molecule has 2 atom stereocenters. The SMILES string of the molecule is COc1cc(OCCCS(C)(=O)=O)cc(C)c1-c1cccc2c1CCC2Oc1cc2c(cn1)C(CC(=O)O)CS2. The molecule has 1 aromatic heterocycles. The number of carboxylic acids is 1. The van der Waals surface area contributed by atoms with E-state index in [1.807, 2.05) is 31.2 Å². The van der Waals surface area contributed by atoms with E-state index in [0.717, 1.165) is 51.3 Å². The Balaban J connectivity index is 1.35. The summed E-state index contributed by atoms with van der Waals surface area (Å²) >= 11 is 1.65. The van der Waals surface area contributed by atoms with Crippen LogP contribution >= 0.6 is 11.8 Å². The van der Waals surface area contributed by atoms with Crippen LogP contribution in [0.5, 0.6) is 17.4 Å². The number of ether oxygens (including phenoxy) is 3. The van der Waals surface area contributed by atoms with E-state index in [1.54, 1.807) is 25.1 Å². The Morgan fingerprint density at radius 2 is 2.02 bits per heavy atom. The molecule has 10 heteroatoms. The Labute approximate surface area is 239 Å². The van der Waals surface area contributed by atoms with Crippen molar-refractivity contribution in [2.75, 3.05) is 31.5 Å². The zero-order valence-corrected chi connectivity index (χ0v) is 24.4. The van der Waals surface area contributed by atoms with E-state index < -0.39 is 15.8 Å². The van der Waals surface area contributed by atoms with Crippen molar-refractivity contribution in [1.29, 1.82) is 0 Å². The Morgan fingerprint density at radius 1 is 1.20 bits per heavy atom. The Hall–Kier alpha value is -3.24. The molecule has 2 aliphatic rings. The van der Waals surface area contributed by atoms with Gasteiger partial charge in [-0.3, -0.25) is 4.79 Å². The second-order valence-electron chi connectivity index (χ2n) is 10.3. The van der Waals surface area contributed by atoms with Gasteiger partial charge in [-0.2, -0.15) is 0 Å². The number of sulfone groups is 1. The first kappa shape index (κ1) is 28.3. The quantitative estimate of drug-likeness (QED) is 0.288. The molecule has 8 nitrogen and oxygen atoms in total. The van der Waals surface area contributed by atoms with Crippen LogP contribution in [0.2, 0.25) is 0 Å². The summed E-state index contributed by atoms with van der Waals surface area (Å²) in [6.45, 7) is 2.33. The molecule has 2 aromatic carbocycles. The zero-order chi connectivity index (χ0) is 28.4. The van der Waals surface area contributed by atoms with Crippen LogP contribution in [0.4, 0.5) is 0 Å². The molecule has 5 rings (SSSR count). The van der Waals surface area contributed by atoms with Crippen molar-refractivity contribution in [2.24, 2.45) is 0 Å². The minimum absolute atomic E-state index is 0.0173. The van der Waals surface area contributed by atoms with Gasteiger partial charge in [0.2, 0.25) is 5.88 Å². The third kappa shape index (κ3) is 6.23. The van der Waals surface area contributed by atoms with Crippen LogP contribution in [0.25, 0.3) is 11.1 Å². The van der Waals surface area contributed by atoms with Crippen molar-refractivity contribution >= 4 is 27.6 Å². The smallest absolute Gasteiger partial charge is 0.303 e. The maximum atomic E-state index is 11.4. The molecule has 0 spiro atoms. The Kier molecular flexibility index (Phi) is 8.28. The Bertz CT molecular complexity index is 1540. The van der Waals surface area contributed by atoms with E-state index in [2.05, 4.69) is 17.1 Å². The predicted octanol–water partition coefficient (Wildman–Crippen LogP) is 5.61. The van der Waals surface area contributed by atoms with E-state index in [0.29, 0.717) is 30.4 Å². The first-order valence-electron chi connectivity index (χ1n) is 13.3. The summed E-state index contributed by atoms with van der Waals surface area (Å²) in [5.41, 5.74) is 6.42. The first-order chi connectivity index (χ1) is 19.1. The van der Waals surface area contributed by atoms with Gasteiger partial charge in [0.05, 0.1) is 25.9 Å². The maximum Gasteiger partial charge on any atom is 0.303 e. The summed E-state index contributed by atoms with van der Waals surface area (Å²) in [5.74, 6) is 1.92. The third-order valence-electron chi connectivity index (χ3n) is 7.34. The fourth-order valence-corrected chi connectivity index (χ4v) is 7.42. The largest absolute Gasteiger partial charge is 0.496 e. The highest BCUT2D eigenvalue weighted by Crippen LogP contribution is 2.46. The highest BCUT2D eigenvalue weighted by molar-refractivity contribution is 7.99. The van der Waals surface area contributed by atoms with Gasteiger partial charge in [-0.1, -0.05) is 18.2 Å². The lowest BCUT2D eigenvalue weighted by Crippen LogP contribution is -2.08. The van der Waals surface area contributed by atoms with Gasteiger partial charge >= 0.3 is 5.97 Å². The van der Waals surface area contributed by atoms with Gasteiger partial charge in [0.25, 0.3) is 0 Å². The van der Waals surface area contributed by atoms with E-state index in [1.165, 1.54) is 11.8 Å². The summed E-state index contributed by atoms with van der Waals surface area (Å²) in [7, 11) is -1.38. The number of carboxylic acid groups (broad SMARTS) is 1. The van der Waals surface area contributed by atoms with Gasteiger partial charge < -0.3 is 19.3 Å². The number of hydrogen-bond donors (Lipinski definition) is 1. The molecule has 2 heterocycles. The number of thioether (sulfide) groups is 1. The number of aryl methyl sites for hydroxylation is 1. The molecule has 3 aromatic rings. The molecule has 212 valence electrons. The molecule has 0 radical (unpaired) electrons. The van der Waals surface area contributed by atoms with Crippen LogP contribution in [0.3, 0.4) is 0 Å². The van der Waals surface area contributed by atoms with Crippen LogP contribution < -0.4 is 14.2 Å². The highest BCUT2D eigenvalue weighted by atomic mass is 32.2. The number of rotatable bonds is 11. The van der Waals surface area contributed by atoms with Gasteiger partial charge in [0.1, 0.15) is 27.4 Å². The normalized spacial score (nSPS) is 17.8. The second kappa shape index (κ2) is 11.7. The summed E-state index contributed by atoms with van der Waals surface area (Å²) in [5, 5.41) is 9.19. The van der Waals surface area contributed by atoms with Gasteiger partial charge in [-0.15, -0.1) is 11.8 Å². The summed E-state index contributed by atoms with van der Waals surface area (Å²) < 4.78 is 40.8. The number of methoxy groups -OCH3 is 1. The second-order valence-corrected chi connectivity index (χ2v) is 13.7. The van der Waals surface area contributed by atoms with Crippen LogP contribution in [0.1, 0.15) is 53.5 Å². The highest BCUT2D eigenvalue weighted by Gasteiger charge is 2.30. The summed E-state index contributed by atoms with van der Waals surface area (Å²) in [6, 6.07) is 12.0. The van der Waals surface area contributed by atoms with E-state index >= 15 is 0 Å². The molecule has 2 unspecified atom stereocenters. The van der Waals surface area contributed by atoms with Gasteiger partial charge in [-0.05, 0) is 60.1 Å².